The number of aliphatic hydroxyl groups excluding tert-OH is 1. The zero-order valence-corrected chi connectivity index (χ0v) is 7.03. The molecule has 0 aromatic carbocycles. The third-order valence-electron chi connectivity index (χ3n) is 1.94. The molecule has 1 rings (SSSR count). The van der Waals surface area contributed by atoms with Crippen LogP contribution in [0.25, 0.3) is 0 Å². The van der Waals surface area contributed by atoms with Crippen LogP contribution in [0.3, 0.4) is 0 Å². The summed E-state index contributed by atoms with van der Waals surface area (Å²) in [6.45, 7) is 0.816. The molecule has 2 atom stereocenters. The first-order valence-corrected chi connectivity index (χ1v) is 3.81. The smallest absolute Gasteiger partial charge is 0.0938 e. The highest BCUT2D eigenvalue weighted by atomic mass is 16.5. The monoisotopic (exact) mass is 157 g/mol. The van der Waals surface area contributed by atoms with E-state index in [-0.39, 0.29) is 18.8 Å². The summed E-state index contributed by atoms with van der Waals surface area (Å²) in [4.78, 5) is 1.97. The van der Waals surface area contributed by atoms with E-state index < -0.39 is 0 Å². The molecule has 0 amide bonds. The molecule has 0 fully saturated rings. The van der Waals surface area contributed by atoms with Gasteiger partial charge < -0.3 is 14.7 Å². The van der Waals surface area contributed by atoms with Crippen molar-refractivity contribution in [2.24, 2.45) is 0 Å². The first-order valence-electron chi connectivity index (χ1n) is 3.81. The lowest BCUT2D eigenvalue weighted by Crippen LogP contribution is -2.41. The minimum Gasteiger partial charge on any atom is -0.395 e. The number of ether oxygens (including phenoxy) is 1. The van der Waals surface area contributed by atoms with Gasteiger partial charge in [-0.15, -0.1) is 0 Å². The van der Waals surface area contributed by atoms with Crippen molar-refractivity contribution in [1.29, 1.82) is 0 Å². The SMILES string of the molecule is CN(C)[C@@H](CO)[C@@H]1C=CCO1. The molecule has 11 heavy (non-hydrogen) atoms. The van der Waals surface area contributed by atoms with E-state index in [0.717, 1.165) is 0 Å². The largest absolute Gasteiger partial charge is 0.395 e. The second-order valence-corrected chi connectivity index (χ2v) is 2.94. The Morgan fingerprint density at radius 1 is 1.73 bits per heavy atom. The summed E-state index contributed by atoms with van der Waals surface area (Å²) in [6.07, 6.45) is 4.05. The highest BCUT2D eigenvalue weighted by Crippen LogP contribution is 2.11. The van der Waals surface area contributed by atoms with E-state index in [4.69, 9.17) is 9.84 Å². The van der Waals surface area contributed by atoms with Gasteiger partial charge in [0.1, 0.15) is 0 Å². The zero-order chi connectivity index (χ0) is 8.27. The zero-order valence-electron chi connectivity index (χ0n) is 7.03. The molecule has 1 heterocycles. The lowest BCUT2D eigenvalue weighted by atomic mass is 10.1. The predicted octanol–water partition coefficient (Wildman–Crippen LogP) is -0.136. The summed E-state index contributed by atoms with van der Waals surface area (Å²) in [6, 6.07) is 0.0914. The minimum atomic E-state index is 0.0648. The fourth-order valence-electron chi connectivity index (χ4n) is 1.21. The third-order valence-corrected chi connectivity index (χ3v) is 1.94. The number of rotatable bonds is 3. The van der Waals surface area contributed by atoms with Gasteiger partial charge in [0.15, 0.2) is 0 Å². The number of aliphatic hydroxyl groups is 1. The molecule has 0 unspecified atom stereocenters. The topological polar surface area (TPSA) is 32.7 Å². The van der Waals surface area contributed by atoms with Crippen LogP contribution >= 0.6 is 0 Å². The maximum Gasteiger partial charge on any atom is 0.0938 e. The van der Waals surface area contributed by atoms with Crippen LogP contribution in [0.4, 0.5) is 0 Å². The van der Waals surface area contributed by atoms with Gasteiger partial charge >= 0.3 is 0 Å². The van der Waals surface area contributed by atoms with Crippen LogP contribution in [0.2, 0.25) is 0 Å². The van der Waals surface area contributed by atoms with E-state index in [1.807, 2.05) is 31.1 Å². The Hall–Kier alpha value is -0.380. The fourth-order valence-corrected chi connectivity index (χ4v) is 1.21. The van der Waals surface area contributed by atoms with Crippen molar-refractivity contribution in [1.82, 2.24) is 4.90 Å². The summed E-state index contributed by atoms with van der Waals surface area (Å²) < 4.78 is 5.35. The standard InChI is InChI=1S/C8H15NO2/c1-9(2)7(6-10)8-4-3-5-11-8/h3-4,7-8,10H,5-6H2,1-2H3/t7-,8-/m0/s1. The van der Waals surface area contributed by atoms with E-state index in [2.05, 4.69) is 0 Å². The number of hydrogen-bond acceptors (Lipinski definition) is 3. The molecule has 1 aliphatic heterocycles. The van der Waals surface area contributed by atoms with Crippen molar-refractivity contribution in [3.63, 3.8) is 0 Å². The Morgan fingerprint density at radius 3 is 2.82 bits per heavy atom. The number of nitrogens with zero attached hydrogens (tertiary/aromatic N) is 1. The van der Waals surface area contributed by atoms with Gasteiger partial charge in [0.05, 0.1) is 25.4 Å². The highest BCUT2D eigenvalue weighted by Gasteiger charge is 2.22. The second kappa shape index (κ2) is 3.85. The predicted molar refractivity (Wildman–Crippen MR) is 43.4 cm³/mol. The summed E-state index contributed by atoms with van der Waals surface area (Å²) in [5, 5.41) is 9.00. The molecular weight excluding hydrogens is 142 g/mol. The molecule has 0 aliphatic carbocycles. The van der Waals surface area contributed by atoms with Gasteiger partial charge in [-0.1, -0.05) is 12.2 Å². The van der Waals surface area contributed by atoms with E-state index in [1.165, 1.54) is 0 Å². The molecule has 0 aromatic heterocycles. The molecule has 0 radical (unpaired) electrons. The lowest BCUT2D eigenvalue weighted by Gasteiger charge is -2.26. The van der Waals surface area contributed by atoms with E-state index in [1.54, 1.807) is 0 Å². The maximum atomic E-state index is 9.00. The minimum absolute atomic E-state index is 0.0648. The van der Waals surface area contributed by atoms with Gasteiger partial charge in [-0.05, 0) is 14.1 Å². The first-order chi connectivity index (χ1) is 5.25. The van der Waals surface area contributed by atoms with Crippen LogP contribution < -0.4 is 0 Å². The second-order valence-electron chi connectivity index (χ2n) is 2.94. The molecule has 64 valence electrons. The average molecular weight is 157 g/mol. The van der Waals surface area contributed by atoms with Crippen LogP contribution in [0, 0.1) is 0 Å². The van der Waals surface area contributed by atoms with Crippen LogP contribution in [-0.4, -0.2) is 49.5 Å². The Morgan fingerprint density at radius 2 is 2.45 bits per heavy atom. The van der Waals surface area contributed by atoms with Crippen molar-refractivity contribution in [3.8, 4) is 0 Å². The van der Waals surface area contributed by atoms with Gasteiger partial charge in [0, 0.05) is 0 Å². The molecule has 0 saturated carbocycles. The Bertz CT molecular complexity index is 145. The Labute approximate surface area is 67.3 Å². The molecule has 0 bridgehead atoms. The van der Waals surface area contributed by atoms with Gasteiger partial charge in [0.25, 0.3) is 0 Å². The van der Waals surface area contributed by atoms with Crippen molar-refractivity contribution < 1.29 is 9.84 Å². The maximum absolute atomic E-state index is 9.00. The number of hydrogen-bond donors (Lipinski definition) is 1. The van der Waals surface area contributed by atoms with Crippen molar-refractivity contribution >= 4 is 0 Å². The van der Waals surface area contributed by atoms with Crippen LogP contribution in [0.1, 0.15) is 0 Å². The summed E-state index contributed by atoms with van der Waals surface area (Å²) in [7, 11) is 3.88. The molecule has 1 N–H and O–H groups in total. The quantitative estimate of drug-likeness (QED) is 0.579. The Kier molecular flexibility index (Phi) is 3.05. The molecule has 1 aliphatic rings. The summed E-state index contributed by atoms with van der Waals surface area (Å²) >= 11 is 0. The molecular formula is C8H15NO2. The van der Waals surface area contributed by atoms with Crippen LogP contribution in [-0.2, 0) is 4.74 Å². The molecule has 0 aromatic rings. The normalized spacial score (nSPS) is 26.4. The van der Waals surface area contributed by atoms with E-state index >= 15 is 0 Å². The first kappa shape index (κ1) is 8.71. The van der Waals surface area contributed by atoms with Crippen LogP contribution in [0.15, 0.2) is 12.2 Å². The molecule has 3 nitrogen and oxygen atoms in total. The van der Waals surface area contributed by atoms with Gasteiger partial charge in [-0.3, -0.25) is 0 Å². The fraction of sp³-hybridized carbons (Fsp3) is 0.750. The third kappa shape index (κ3) is 2.02. The number of likely N-dealkylation sites (N-methyl/N-ethyl adjacent to an activating group) is 1. The molecule has 3 heteroatoms. The van der Waals surface area contributed by atoms with Gasteiger partial charge in [-0.2, -0.15) is 0 Å². The average Bonchev–Trinajstić information content (AvgIpc) is 2.40. The van der Waals surface area contributed by atoms with E-state index in [9.17, 15) is 0 Å². The van der Waals surface area contributed by atoms with Crippen molar-refractivity contribution in [3.05, 3.63) is 12.2 Å². The Balaban J connectivity index is 2.47. The highest BCUT2D eigenvalue weighted by molar-refractivity contribution is 5.01. The van der Waals surface area contributed by atoms with E-state index in [0.29, 0.717) is 6.61 Å². The summed E-state index contributed by atoms with van der Waals surface area (Å²) in [5.74, 6) is 0. The van der Waals surface area contributed by atoms with Crippen molar-refractivity contribution in [2.75, 3.05) is 27.3 Å². The van der Waals surface area contributed by atoms with Crippen LogP contribution in [0.5, 0.6) is 0 Å². The van der Waals surface area contributed by atoms with Gasteiger partial charge in [-0.25, -0.2) is 0 Å². The summed E-state index contributed by atoms with van der Waals surface area (Å²) in [5.41, 5.74) is 0. The molecule has 0 spiro atoms. The van der Waals surface area contributed by atoms with Crippen molar-refractivity contribution in [2.45, 2.75) is 12.1 Å². The molecule has 0 saturated heterocycles. The lowest BCUT2D eigenvalue weighted by molar-refractivity contribution is 0.0311. The van der Waals surface area contributed by atoms with Gasteiger partial charge in [0.2, 0.25) is 0 Å².